The van der Waals surface area contributed by atoms with Crippen molar-refractivity contribution in [3.05, 3.63) is 24.3 Å². The van der Waals surface area contributed by atoms with E-state index in [1.807, 2.05) is 24.3 Å². The highest BCUT2D eigenvalue weighted by Crippen LogP contribution is 2.17. The van der Waals surface area contributed by atoms with Crippen LogP contribution in [0.2, 0.25) is 0 Å². The van der Waals surface area contributed by atoms with E-state index in [9.17, 15) is 4.79 Å². The van der Waals surface area contributed by atoms with Gasteiger partial charge in [-0.1, -0.05) is 0 Å². The molecular formula is C15H21NO5. The third-order valence-corrected chi connectivity index (χ3v) is 3.42. The van der Waals surface area contributed by atoms with Crippen molar-refractivity contribution in [1.82, 2.24) is 5.32 Å². The molecule has 2 rings (SSSR count). The number of carboxylic acids is 1. The molecule has 0 amide bonds. The molecular weight excluding hydrogens is 274 g/mol. The molecule has 21 heavy (non-hydrogen) atoms. The summed E-state index contributed by atoms with van der Waals surface area (Å²) in [5.74, 6) is 0.396. The number of hydrogen-bond acceptors (Lipinski definition) is 5. The summed E-state index contributed by atoms with van der Waals surface area (Å²) in [4.78, 5) is 10.9. The van der Waals surface area contributed by atoms with Crippen molar-refractivity contribution in [2.24, 2.45) is 5.92 Å². The Kier molecular flexibility index (Phi) is 5.83. The normalized spacial score (nSPS) is 21.8. The molecule has 1 aliphatic rings. The molecule has 6 heteroatoms. The first kappa shape index (κ1) is 15.6. The molecule has 0 bridgehead atoms. The van der Waals surface area contributed by atoms with Gasteiger partial charge >= 0.3 is 5.97 Å². The average Bonchev–Trinajstić information content (AvgIpc) is 2.52. The number of benzene rings is 1. The number of piperidine rings is 1. The third kappa shape index (κ3) is 4.91. The van der Waals surface area contributed by atoms with Crippen molar-refractivity contribution in [1.29, 1.82) is 0 Å². The molecule has 1 aromatic rings. The minimum atomic E-state index is -0.773. The Balaban J connectivity index is 1.65. The molecule has 2 unspecified atom stereocenters. The van der Waals surface area contributed by atoms with Crippen molar-refractivity contribution in [3.63, 3.8) is 0 Å². The highest BCUT2D eigenvalue weighted by Gasteiger charge is 2.26. The maximum absolute atomic E-state index is 10.9. The summed E-state index contributed by atoms with van der Waals surface area (Å²) in [5, 5.41) is 12.1. The van der Waals surface area contributed by atoms with Crippen LogP contribution in [0.3, 0.4) is 0 Å². The number of carbonyl (C=O) groups is 1. The number of hydrogen-bond donors (Lipinski definition) is 2. The van der Waals surface area contributed by atoms with Gasteiger partial charge in [-0.2, -0.15) is 0 Å². The van der Waals surface area contributed by atoms with Crippen LogP contribution in [-0.4, -0.2) is 50.6 Å². The quantitative estimate of drug-likeness (QED) is 0.735. The Morgan fingerprint density at radius 1 is 1.24 bits per heavy atom. The Labute approximate surface area is 124 Å². The molecule has 116 valence electrons. The Bertz CT molecular complexity index is 448. The van der Waals surface area contributed by atoms with Crippen LogP contribution < -0.4 is 14.8 Å². The maximum atomic E-state index is 10.9. The molecule has 2 atom stereocenters. The average molecular weight is 295 g/mol. The standard InChI is InChI=1S/C15H21NO5/c1-19-12-2-4-13(5-3-12)20-6-7-21-14-8-11(15(17)18)9-16-10-14/h2-5,11,14,16H,6-10H2,1H3,(H,17,18). The van der Waals surface area contributed by atoms with Crippen molar-refractivity contribution < 1.29 is 24.1 Å². The number of nitrogens with one attached hydrogen (secondary N) is 1. The molecule has 0 aliphatic carbocycles. The van der Waals surface area contributed by atoms with Gasteiger partial charge in [0.15, 0.2) is 0 Å². The van der Waals surface area contributed by atoms with Gasteiger partial charge < -0.3 is 24.6 Å². The van der Waals surface area contributed by atoms with Crippen LogP contribution in [0, 0.1) is 5.92 Å². The van der Waals surface area contributed by atoms with E-state index in [1.54, 1.807) is 7.11 Å². The van der Waals surface area contributed by atoms with E-state index in [0.717, 1.165) is 11.5 Å². The zero-order chi connectivity index (χ0) is 15.1. The van der Waals surface area contributed by atoms with Gasteiger partial charge in [0.2, 0.25) is 0 Å². The summed E-state index contributed by atoms with van der Waals surface area (Å²) in [6, 6.07) is 7.33. The summed E-state index contributed by atoms with van der Waals surface area (Å²) >= 11 is 0. The Hall–Kier alpha value is -1.79. The van der Waals surface area contributed by atoms with E-state index in [4.69, 9.17) is 19.3 Å². The minimum Gasteiger partial charge on any atom is -0.497 e. The fourth-order valence-electron chi connectivity index (χ4n) is 2.26. The second kappa shape index (κ2) is 7.85. The van der Waals surface area contributed by atoms with Gasteiger partial charge in [-0.05, 0) is 30.7 Å². The number of methoxy groups -OCH3 is 1. The first-order valence-electron chi connectivity index (χ1n) is 7.01. The van der Waals surface area contributed by atoms with Gasteiger partial charge in [0.25, 0.3) is 0 Å². The summed E-state index contributed by atoms with van der Waals surface area (Å²) in [5.41, 5.74) is 0. The van der Waals surface area contributed by atoms with E-state index in [1.165, 1.54) is 0 Å². The molecule has 1 heterocycles. The van der Waals surface area contributed by atoms with Gasteiger partial charge in [-0.3, -0.25) is 4.79 Å². The molecule has 1 saturated heterocycles. The van der Waals surface area contributed by atoms with E-state index in [0.29, 0.717) is 32.7 Å². The highest BCUT2D eigenvalue weighted by atomic mass is 16.5. The second-order valence-electron chi connectivity index (χ2n) is 4.95. The van der Waals surface area contributed by atoms with Gasteiger partial charge in [-0.25, -0.2) is 0 Å². The lowest BCUT2D eigenvalue weighted by Gasteiger charge is -2.27. The Morgan fingerprint density at radius 3 is 2.62 bits per heavy atom. The molecule has 2 N–H and O–H groups in total. The summed E-state index contributed by atoms with van der Waals surface area (Å²) in [7, 11) is 1.62. The third-order valence-electron chi connectivity index (χ3n) is 3.42. The van der Waals surface area contributed by atoms with Crippen molar-refractivity contribution >= 4 is 5.97 Å². The van der Waals surface area contributed by atoms with E-state index >= 15 is 0 Å². The van der Waals surface area contributed by atoms with Crippen LogP contribution in [0.5, 0.6) is 11.5 Å². The van der Waals surface area contributed by atoms with Crippen LogP contribution in [0.1, 0.15) is 6.42 Å². The molecule has 0 radical (unpaired) electrons. The minimum absolute atomic E-state index is 0.0701. The lowest BCUT2D eigenvalue weighted by Crippen LogP contribution is -2.43. The molecule has 6 nitrogen and oxygen atoms in total. The number of rotatable bonds is 7. The van der Waals surface area contributed by atoms with Crippen molar-refractivity contribution in [3.8, 4) is 11.5 Å². The monoisotopic (exact) mass is 295 g/mol. The van der Waals surface area contributed by atoms with Crippen LogP contribution in [-0.2, 0) is 9.53 Å². The topological polar surface area (TPSA) is 77.0 Å². The summed E-state index contributed by atoms with van der Waals surface area (Å²) in [6.07, 6.45) is 0.476. The van der Waals surface area contributed by atoms with E-state index in [-0.39, 0.29) is 12.0 Å². The molecule has 1 fully saturated rings. The van der Waals surface area contributed by atoms with E-state index < -0.39 is 5.97 Å². The number of ether oxygens (including phenoxy) is 3. The summed E-state index contributed by atoms with van der Waals surface area (Å²) < 4.78 is 16.3. The zero-order valence-corrected chi connectivity index (χ0v) is 12.1. The first-order chi connectivity index (χ1) is 10.2. The second-order valence-corrected chi connectivity index (χ2v) is 4.95. The molecule has 0 aromatic heterocycles. The van der Waals surface area contributed by atoms with Crippen LogP contribution in [0.15, 0.2) is 24.3 Å². The number of carboxylic acid groups (broad SMARTS) is 1. The molecule has 0 spiro atoms. The first-order valence-corrected chi connectivity index (χ1v) is 7.01. The van der Waals surface area contributed by atoms with Crippen LogP contribution >= 0.6 is 0 Å². The van der Waals surface area contributed by atoms with Crippen LogP contribution in [0.4, 0.5) is 0 Å². The van der Waals surface area contributed by atoms with Gasteiger partial charge in [0.05, 0.1) is 25.7 Å². The number of aliphatic carboxylic acids is 1. The Morgan fingerprint density at radius 2 is 1.95 bits per heavy atom. The SMILES string of the molecule is COc1ccc(OCCOC2CNCC(C(=O)O)C2)cc1. The fourth-order valence-corrected chi connectivity index (χ4v) is 2.26. The predicted molar refractivity (Wildman–Crippen MR) is 76.8 cm³/mol. The van der Waals surface area contributed by atoms with Gasteiger partial charge in [-0.15, -0.1) is 0 Å². The van der Waals surface area contributed by atoms with Crippen molar-refractivity contribution in [2.45, 2.75) is 12.5 Å². The smallest absolute Gasteiger partial charge is 0.307 e. The lowest BCUT2D eigenvalue weighted by molar-refractivity contribution is -0.144. The molecule has 0 saturated carbocycles. The highest BCUT2D eigenvalue weighted by molar-refractivity contribution is 5.70. The van der Waals surface area contributed by atoms with Crippen molar-refractivity contribution in [2.75, 3.05) is 33.4 Å². The molecule has 1 aromatic carbocycles. The zero-order valence-electron chi connectivity index (χ0n) is 12.1. The van der Waals surface area contributed by atoms with Gasteiger partial charge in [0.1, 0.15) is 18.1 Å². The maximum Gasteiger partial charge on any atom is 0.307 e. The van der Waals surface area contributed by atoms with Crippen LogP contribution in [0.25, 0.3) is 0 Å². The van der Waals surface area contributed by atoms with E-state index in [2.05, 4.69) is 5.32 Å². The largest absolute Gasteiger partial charge is 0.497 e. The summed E-state index contributed by atoms with van der Waals surface area (Å²) in [6.45, 7) is 2.06. The lowest BCUT2D eigenvalue weighted by atomic mass is 9.98. The van der Waals surface area contributed by atoms with Gasteiger partial charge in [0, 0.05) is 13.1 Å². The fraction of sp³-hybridized carbons (Fsp3) is 0.533. The molecule has 1 aliphatic heterocycles. The predicted octanol–water partition coefficient (Wildman–Crippen LogP) is 1.15.